The molecule has 182 valence electrons. The quantitative estimate of drug-likeness (QED) is 0.307. The van der Waals surface area contributed by atoms with E-state index in [9.17, 15) is 0 Å². The number of hydrogen-bond donors (Lipinski definition) is 1. The second-order valence-corrected chi connectivity index (χ2v) is 11.3. The van der Waals surface area contributed by atoms with Gasteiger partial charge in [0.1, 0.15) is 5.82 Å². The summed E-state index contributed by atoms with van der Waals surface area (Å²) in [5, 5.41) is 9.13. The van der Waals surface area contributed by atoms with E-state index in [1.165, 1.54) is 38.8 Å². The van der Waals surface area contributed by atoms with E-state index in [1.54, 1.807) is 0 Å². The van der Waals surface area contributed by atoms with Crippen molar-refractivity contribution in [3.05, 3.63) is 46.0 Å². The summed E-state index contributed by atoms with van der Waals surface area (Å²) in [6, 6.07) is 11.2. The molecule has 0 bridgehead atoms. The number of nitrogens with one attached hydrogen (secondary N) is 1. The van der Waals surface area contributed by atoms with Crippen molar-refractivity contribution in [2.24, 2.45) is 11.8 Å². The van der Waals surface area contributed by atoms with Gasteiger partial charge in [0, 0.05) is 41.8 Å². The number of nitrogens with zero attached hydrogens (tertiary/aromatic N) is 4. The molecule has 2 aliphatic rings. The summed E-state index contributed by atoms with van der Waals surface area (Å²) >= 11 is 10.1. The van der Waals surface area contributed by atoms with Crippen LogP contribution in [0.1, 0.15) is 58.8 Å². The van der Waals surface area contributed by atoms with Gasteiger partial charge >= 0.3 is 0 Å². The molecular formula is C27H35BrClN5. The van der Waals surface area contributed by atoms with E-state index >= 15 is 0 Å². The van der Waals surface area contributed by atoms with E-state index in [1.807, 2.05) is 35.0 Å². The van der Waals surface area contributed by atoms with Gasteiger partial charge in [0.2, 0.25) is 0 Å². The molecule has 1 saturated carbocycles. The van der Waals surface area contributed by atoms with E-state index in [0.717, 1.165) is 64.3 Å². The second-order valence-electron chi connectivity index (χ2n) is 10.00. The Morgan fingerprint density at radius 1 is 1.21 bits per heavy atom. The minimum Gasteiger partial charge on any atom is -0.367 e. The standard InChI is InChI=1S/C27H35BrClN5/c1-3-8-20(13-14-33-17-19-10-7-9-18(4-2)26(19)33)31-25-15-24(21-11-5-6-12-23(21)29)32-27-22(28)16-30-34(25)27/h5-6,11-12,15-16,18-20,26,31H,3-4,7-10,13-14,17H2,1-2H3/t18-,19-,20?,26?/m0/s1. The zero-order chi connectivity index (χ0) is 23.7. The van der Waals surface area contributed by atoms with Gasteiger partial charge in [-0.2, -0.15) is 9.61 Å². The van der Waals surface area contributed by atoms with Crippen molar-refractivity contribution < 1.29 is 0 Å². The van der Waals surface area contributed by atoms with E-state index in [2.05, 4.69) is 51.2 Å². The molecule has 3 heterocycles. The molecule has 1 aliphatic carbocycles. The Kier molecular flexibility index (Phi) is 7.47. The molecule has 2 fully saturated rings. The van der Waals surface area contributed by atoms with Crippen LogP contribution in [0.5, 0.6) is 0 Å². The van der Waals surface area contributed by atoms with Crippen LogP contribution < -0.4 is 5.32 Å². The molecule has 34 heavy (non-hydrogen) atoms. The Morgan fingerprint density at radius 3 is 2.85 bits per heavy atom. The third-order valence-electron chi connectivity index (χ3n) is 7.86. The second kappa shape index (κ2) is 10.5. The number of fused-ring (bicyclic) bond motifs is 2. The Balaban J connectivity index is 1.36. The van der Waals surface area contributed by atoms with Crippen molar-refractivity contribution in [1.29, 1.82) is 0 Å². The maximum atomic E-state index is 6.52. The molecule has 2 unspecified atom stereocenters. The zero-order valence-electron chi connectivity index (χ0n) is 20.2. The van der Waals surface area contributed by atoms with Crippen LogP contribution in [0.2, 0.25) is 5.02 Å². The predicted molar refractivity (Wildman–Crippen MR) is 145 cm³/mol. The average molecular weight is 545 g/mol. The topological polar surface area (TPSA) is 45.5 Å². The highest BCUT2D eigenvalue weighted by Crippen LogP contribution is 2.42. The van der Waals surface area contributed by atoms with Gasteiger partial charge in [0.25, 0.3) is 0 Å². The van der Waals surface area contributed by atoms with Gasteiger partial charge in [0.15, 0.2) is 5.65 Å². The molecular weight excluding hydrogens is 510 g/mol. The first-order chi connectivity index (χ1) is 16.6. The van der Waals surface area contributed by atoms with Crippen molar-refractivity contribution >= 4 is 39.0 Å². The Bertz CT molecular complexity index is 1130. The van der Waals surface area contributed by atoms with Gasteiger partial charge in [-0.1, -0.05) is 62.9 Å². The third kappa shape index (κ3) is 4.74. The van der Waals surface area contributed by atoms with Gasteiger partial charge in [-0.05, 0) is 59.5 Å². The molecule has 4 atom stereocenters. The van der Waals surface area contributed by atoms with E-state index in [0.29, 0.717) is 11.1 Å². The van der Waals surface area contributed by atoms with Crippen LogP contribution >= 0.6 is 27.5 Å². The summed E-state index contributed by atoms with van der Waals surface area (Å²) in [6.07, 6.45) is 10.8. The number of aromatic nitrogens is 3. The maximum absolute atomic E-state index is 6.52. The number of rotatable bonds is 9. The van der Waals surface area contributed by atoms with Gasteiger partial charge < -0.3 is 5.32 Å². The number of anilines is 1. The van der Waals surface area contributed by atoms with Crippen molar-refractivity contribution in [1.82, 2.24) is 19.5 Å². The smallest absolute Gasteiger partial charge is 0.172 e. The van der Waals surface area contributed by atoms with Crippen LogP contribution in [0.25, 0.3) is 16.9 Å². The molecule has 5 rings (SSSR count). The van der Waals surface area contributed by atoms with Crippen molar-refractivity contribution in [3.8, 4) is 11.3 Å². The predicted octanol–water partition coefficient (Wildman–Crippen LogP) is 7.29. The molecule has 0 spiro atoms. The molecule has 1 N–H and O–H groups in total. The van der Waals surface area contributed by atoms with E-state index in [4.69, 9.17) is 16.6 Å². The van der Waals surface area contributed by atoms with Gasteiger partial charge in [-0.3, -0.25) is 4.90 Å². The van der Waals surface area contributed by atoms with Gasteiger partial charge in [-0.25, -0.2) is 4.98 Å². The maximum Gasteiger partial charge on any atom is 0.172 e. The highest BCUT2D eigenvalue weighted by Gasteiger charge is 2.44. The van der Waals surface area contributed by atoms with Gasteiger partial charge in [-0.15, -0.1) is 0 Å². The highest BCUT2D eigenvalue weighted by molar-refractivity contribution is 9.10. The summed E-state index contributed by atoms with van der Waals surface area (Å²) in [5.74, 6) is 2.80. The number of hydrogen-bond acceptors (Lipinski definition) is 4. The first kappa shape index (κ1) is 24.1. The summed E-state index contributed by atoms with van der Waals surface area (Å²) in [6.45, 7) is 7.11. The third-order valence-corrected chi connectivity index (χ3v) is 8.75. The molecule has 2 aromatic heterocycles. The van der Waals surface area contributed by atoms with Crippen LogP contribution in [0.3, 0.4) is 0 Å². The zero-order valence-corrected chi connectivity index (χ0v) is 22.5. The van der Waals surface area contributed by atoms with Crippen molar-refractivity contribution in [2.45, 2.75) is 70.9 Å². The van der Waals surface area contributed by atoms with Crippen molar-refractivity contribution in [2.75, 3.05) is 18.4 Å². The SMILES string of the molecule is CCCC(CCN1C[C@@H]2CCC[C@H](CC)C21)Nc1cc(-c2ccccc2Cl)nc2c(Br)cnn12. The lowest BCUT2D eigenvalue weighted by molar-refractivity contribution is -0.0533. The fourth-order valence-corrected chi connectivity index (χ4v) is 6.73. The summed E-state index contributed by atoms with van der Waals surface area (Å²) in [5.41, 5.74) is 2.59. The minimum atomic E-state index is 0.389. The molecule has 1 aromatic carbocycles. The molecule has 5 nitrogen and oxygen atoms in total. The van der Waals surface area contributed by atoms with Crippen LogP contribution in [-0.4, -0.2) is 44.7 Å². The van der Waals surface area contributed by atoms with E-state index in [-0.39, 0.29) is 0 Å². The van der Waals surface area contributed by atoms with Gasteiger partial charge in [0.05, 0.1) is 16.4 Å². The fraction of sp³-hybridized carbons (Fsp3) is 0.556. The van der Waals surface area contributed by atoms with Crippen LogP contribution in [0.4, 0.5) is 5.82 Å². The summed E-state index contributed by atoms with van der Waals surface area (Å²) in [7, 11) is 0. The van der Waals surface area contributed by atoms with Crippen LogP contribution in [0.15, 0.2) is 41.0 Å². The summed E-state index contributed by atoms with van der Waals surface area (Å²) < 4.78 is 2.78. The fourth-order valence-electron chi connectivity index (χ4n) is 6.15. The van der Waals surface area contributed by atoms with Crippen molar-refractivity contribution in [3.63, 3.8) is 0 Å². The number of likely N-dealkylation sites (tertiary alicyclic amines) is 1. The van der Waals surface area contributed by atoms with Crippen LogP contribution in [0, 0.1) is 11.8 Å². The molecule has 3 aromatic rings. The monoisotopic (exact) mass is 543 g/mol. The number of benzene rings is 1. The lowest BCUT2D eigenvalue weighted by Crippen LogP contribution is -2.61. The van der Waals surface area contributed by atoms with Crippen LogP contribution in [-0.2, 0) is 0 Å². The Labute approximate surface area is 216 Å². The summed E-state index contributed by atoms with van der Waals surface area (Å²) in [4.78, 5) is 7.63. The van der Waals surface area contributed by atoms with E-state index < -0.39 is 0 Å². The first-order valence-corrected chi connectivity index (χ1v) is 14.1. The first-order valence-electron chi connectivity index (χ1n) is 12.9. The lowest BCUT2D eigenvalue weighted by Gasteiger charge is -2.55. The minimum absolute atomic E-state index is 0.389. The molecule has 1 saturated heterocycles. The molecule has 0 amide bonds. The molecule has 1 aliphatic heterocycles. The Morgan fingerprint density at radius 2 is 2.06 bits per heavy atom. The lowest BCUT2D eigenvalue weighted by atomic mass is 9.69. The average Bonchev–Trinajstić information content (AvgIpc) is 3.20. The highest BCUT2D eigenvalue weighted by atomic mass is 79.9. The normalized spacial score (nSPS) is 23.5. The molecule has 0 radical (unpaired) electrons. The number of halogens is 2. The Hall–Kier alpha value is -1.63. The largest absolute Gasteiger partial charge is 0.367 e. The molecule has 7 heteroatoms.